The van der Waals surface area contributed by atoms with Gasteiger partial charge in [-0.05, 0) is 36.8 Å². The van der Waals surface area contributed by atoms with Gasteiger partial charge in [0.1, 0.15) is 5.82 Å². The van der Waals surface area contributed by atoms with Crippen molar-refractivity contribution < 1.29 is 4.39 Å². The molecule has 2 nitrogen and oxygen atoms in total. The molecule has 1 atom stereocenters. The second-order valence-corrected chi connectivity index (χ2v) is 5.80. The third kappa shape index (κ3) is 2.90. The molecule has 0 heterocycles. The molecule has 17 heavy (non-hydrogen) atoms. The van der Waals surface area contributed by atoms with E-state index in [0.29, 0.717) is 11.5 Å². The summed E-state index contributed by atoms with van der Waals surface area (Å²) in [5.74, 6) is -0.343. The molecule has 0 aliphatic heterocycles. The van der Waals surface area contributed by atoms with Gasteiger partial charge in [-0.15, -0.1) is 0 Å². The highest BCUT2D eigenvalue weighted by Crippen LogP contribution is 2.37. The number of para-hydroxylation sites is 1. The summed E-state index contributed by atoms with van der Waals surface area (Å²) in [6.07, 6.45) is 4.74. The van der Waals surface area contributed by atoms with Gasteiger partial charge in [-0.25, -0.2) is 4.39 Å². The molecule has 0 bridgehead atoms. The zero-order chi connectivity index (χ0) is 12.5. The predicted molar refractivity (Wildman–Crippen MR) is 70.5 cm³/mol. The number of nitrogens with two attached hydrogens (primary N) is 1. The molecule has 0 radical (unpaired) electrons. The number of hydrogen-bond acceptors (Lipinski definition) is 2. The number of hydrogen-bond donors (Lipinski definition) is 2. The Balaban J connectivity index is 2.08. The summed E-state index contributed by atoms with van der Waals surface area (Å²) in [6.45, 7) is 4.57. The van der Waals surface area contributed by atoms with Crippen LogP contribution in [-0.2, 0) is 0 Å². The first-order valence-corrected chi connectivity index (χ1v) is 6.28. The molecule has 1 fully saturated rings. The van der Waals surface area contributed by atoms with Gasteiger partial charge in [0, 0.05) is 6.04 Å². The molecule has 0 spiro atoms. The summed E-state index contributed by atoms with van der Waals surface area (Å²) in [6, 6.07) is 5.34. The Morgan fingerprint density at radius 1 is 1.41 bits per heavy atom. The number of benzene rings is 1. The van der Waals surface area contributed by atoms with E-state index in [2.05, 4.69) is 19.2 Å². The van der Waals surface area contributed by atoms with Crippen molar-refractivity contribution in [3.63, 3.8) is 0 Å². The van der Waals surface area contributed by atoms with E-state index >= 15 is 0 Å². The maximum atomic E-state index is 13.3. The first-order chi connectivity index (χ1) is 7.98. The van der Waals surface area contributed by atoms with Crippen LogP contribution in [0.25, 0.3) is 0 Å². The quantitative estimate of drug-likeness (QED) is 0.767. The van der Waals surface area contributed by atoms with Gasteiger partial charge in [0.15, 0.2) is 0 Å². The van der Waals surface area contributed by atoms with Gasteiger partial charge in [-0.2, -0.15) is 0 Å². The lowest BCUT2D eigenvalue weighted by molar-refractivity contribution is 0.229. The van der Waals surface area contributed by atoms with Crippen LogP contribution >= 0.6 is 0 Å². The van der Waals surface area contributed by atoms with Gasteiger partial charge in [0.25, 0.3) is 0 Å². The average Bonchev–Trinajstić information content (AvgIpc) is 2.23. The Morgan fingerprint density at radius 3 is 2.88 bits per heavy atom. The number of rotatable bonds is 2. The molecule has 0 amide bonds. The van der Waals surface area contributed by atoms with E-state index < -0.39 is 0 Å². The lowest BCUT2D eigenvalue weighted by Crippen LogP contribution is -2.32. The van der Waals surface area contributed by atoms with Gasteiger partial charge in [-0.3, -0.25) is 0 Å². The Labute approximate surface area is 102 Å². The van der Waals surface area contributed by atoms with Crippen LogP contribution in [0.1, 0.15) is 39.5 Å². The standard InChI is InChI=1S/C14H21FN2/c1-14(2)8-4-5-10(9-14)17-12-7-3-6-11(15)13(12)16/h3,6-7,10,17H,4-5,8-9,16H2,1-2H3/t10-/m0/s1. The fraction of sp³-hybridized carbons (Fsp3) is 0.571. The summed E-state index contributed by atoms with van der Waals surface area (Å²) in [5, 5.41) is 3.38. The van der Waals surface area contributed by atoms with E-state index in [1.807, 2.05) is 6.07 Å². The Hall–Kier alpha value is -1.25. The van der Waals surface area contributed by atoms with Crippen molar-refractivity contribution >= 4 is 11.4 Å². The Bertz CT molecular complexity index is 401. The van der Waals surface area contributed by atoms with Crippen LogP contribution in [-0.4, -0.2) is 6.04 Å². The first-order valence-electron chi connectivity index (χ1n) is 6.28. The van der Waals surface area contributed by atoms with Crippen molar-refractivity contribution in [2.24, 2.45) is 5.41 Å². The summed E-state index contributed by atoms with van der Waals surface area (Å²) < 4.78 is 13.3. The van der Waals surface area contributed by atoms with Gasteiger partial charge in [0.05, 0.1) is 11.4 Å². The Kier molecular flexibility index (Phi) is 3.27. The topological polar surface area (TPSA) is 38.0 Å². The minimum atomic E-state index is -0.343. The van der Waals surface area contributed by atoms with Crippen LogP contribution in [0.2, 0.25) is 0 Å². The molecule has 3 heteroatoms. The van der Waals surface area contributed by atoms with E-state index in [1.54, 1.807) is 6.07 Å². The molecule has 94 valence electrons. The molecule has 1 aromatic carbocycles. The molecule has 0 saturated heterocycles. The second-order valence-electron chi connectivity index (χ2n) is 5.80. The molecule has 1 aliphatic rings. The van der Waals surface area contributed by atoms with Crippen LogP contribution < -0.4 is 11.1 Å². The summed E-state index contributed by atoms with van der Waals surface area (Å²) >= 11 is 0. The van der Waals surface area contributed by atoms with Gasteiger partial charge < -0.3 is 11.1 Å². The second kappa shape index (κ2) is 4.55. The number of anilines is 2. The maximum absolute atomic E-state index is 13.3. The molecular formula is C14H21FN2. The number of nitrogens with one attached hydrogen (secondary N) is 1. The molecule has 1 aromatic rings. The first kappa shape index (κ1) is 12.2. The predicted octanol–water partition coefficient (Wildman–Crippen LogP) is 3.79. The normalized spacial score (nSPS) is 23.4. The molecule has 3 N–H and O–H groups in total. The van der Waals surface area contributed by atoms with Gasteiger partial charge in [-0.1, -0.05) is 26.3 Å². The van der Waals surface area contributed by atoms with Crippen LogP contribution in [0.4, 0.5) is 15.8 Å². The minimum Gasteiger partial charge on any atom is -0.395 e. The molecule has 0 aromatic heterocycles. The lowest BCUT2D eigenvalue weighted by Gasteiger charge is -2.36. The summed E-state index contributed by atoms with van der Waals surface area (Å²) in [5.41, 5.74) is 7.06. The van der Waals surface area contributed by atoms with E-state index in [4.69, 9.17) is 5.73 Å². The summed E-state index contributed by atoms with van der Waals surface area (Å²) in [4.78, 5) is 0. The third-order valence-corrected chi connectivity index (χ3v) is 3.62. The molecule has 0 unspecified atom stereocenters. The van der Waals surface area contributed by atoms with Crippen LogP contribution in [0.5, 0.6) is 0 Å². The highest BCUT2D eigenvalue weighted by molar-refractivity contribution is 5.66. The monoisotopic (exact) mass is 236 g/mol. The van der Waals surface area contributed by atoms with Crippen molar-refractivity contribution in [2.75, 3.05) is 11.1 Å². The zero-order valence-electron chi connectivity index (χ0n) is 10.6. The largest absolute Gasteiger partial charge is 0.395 e. The number of halogens is 1. The molecule has 1 aliphatic carbocycles. The lowest BCUT2D eigenvalue weighted by atomic mass is 9.75. The van der Waals surface area contributed by atoms with Crippen LogP contribution in [0.15, 0.2) is 18.2 Å². The van der Waals surface area contributed by atoms with Crippen molar-refractivity contribution in [1.82, 2.24) is 0 Å². The fourth-order valence-corrected chi connectivity index (χ4v) is 2.70. The van der Waals surface area contributed by atoms with Gasteiger partial charge >= 0.3 is 0 Å². The molecule has 2 rings (SSSR count). The van der Waals surface area contributed by atoms with Crippen LogP contribution in [0.3, 0.4) is 0 Å². The minimum absolute atomic E-state index is 0.232. The smallest absolute Gasteiger partial charge is 0.148 e. The van der Waals surface area contributed by atoms with E-state index in [-0.39, 0.29) is 11.5 Å². The molecule has 1 saturated carbocycles. The maximum Gasteiger partial charge on any atom is 0.148 e. The third-order valence-electron chi connectivity index (χ3n) is 3.62. The van der Waals surface area contributed by atoms with E-state index in [9.17, 15) is 4.39 Å². The SMILES string of the molecule is CC1(C)CCC[C@H](Nc2cccc(F)c2N)C1. The fourth-order valence-electron chi connectivity index (χ4n) is 2.70. The zero-order valence-corrected chi connectivity index (χ0v) is 10.6. The van der Waals surface area contributed by atoms with E-state index in [1.165, 1.54) is 18.9 Å². The van der Waals surface area contributed by atoms with Crippen molar-refractivity contribution in [3.8, 4) is 0 Å². The van der Waals surface area contributed by atoms with Crippen molar-refractivity contribution in [3.05, 3.63) is 24.0 Å². The average molecular weight is 236 g/mol. The van der Waals surface area contributed by atoms with Crippen LogP contribution in [0, 0.1) is 11.2 Å². The highest BCUT2D eigenvalue weighted by atomic mass is 19.1. The highest BCUT2D eigenvalue weighted by Gasteiger charge is 2.28. The van der Waals surface area contributed by atoms with Gasteiger partial charge in [0.2, 0.25) is 0 Å². The molecular weight excluding hydrogens is 215 g/mol. The Morgan fingerprint density at radius 2 is 2.18 bits per heavy atom. The van der Waals surface area contributed by atoms with E-state index in [0.717, 1.165) is 18.5 Å². The summed E-state index contributed by atoms with van der Waals surface area (Å²) in [7, 11) is 0. The van der Waals surface area contributed by atoms with Crippen molar-refractivity contribution in [2.45, 2.75) is 45.6 Å². The number of nitrogen functional groups attached to an aromatic ring is 1. The van der Waals surface area contributed by atoms with Crippen molar-refractivity contribution in [1.29, 1.82) is 0 Å².